The maximum atomic E-state index is 13.0. The van der Waals surface area contributed by atoms with Crippen LogP contribution in [0.4, 0.5) is 4.39 Å². The highest BCUT2D eigenvalue weighted by molar-refractivity contribution is 5.93. The smallest absolute Gasteiger partial charge is 0.252 e. The van der Waals surface area contributed by atoms with Gasteiger partial charge in [-0.2, -0.15) is 0 Å². The third-order valence-corrected chi connectivity index (χ3v) is 2.94. The van der Waals surface area contributed by atoms with Gasteiger partial charge in [-0.1, -0.05) is 6.07 Å². The van der Waals surface area contributed by atoms with E-state index < -0.39 is 11.9 Å². The van der Waals surface area contributed by atoms with Crippen molar-refractivity contribution in [1.82, 2.24) is 10.3 Å². The second-order valence-corrected chi connectivity index (χ2v) is 4.72. The second-order valence-electron chi connectivity index (χ2n) is 4.72. The van der Waals surface area contributed by atoms with Gasteiger partial charge < -0.3 is 19.9 Å². The molecule has 0 aliphatic carbocycles. The average molecular weight is 320 g/mol. The Balaban J connectivity index is 1.76. The van der Waals surface area contributed by atoms with E-state index in [2.05, 4.69) is 10.3 Å². The predicted molar refractivity (Wildman–Crippen MR) is 81.0 cm³/mol. The topological polar surface area (TPSA) is 80.7 Å². The fourth-order valence-corrected chi connectivity index (χ4v) is 1.76. The van der Waals surface area contributed by atoms with Crippen LogP contribution in [0.2, 0.25) is 0 Å². The van der Waals surface area contributed by atoms with Crippen LogP contribution in [0.5, 0.6) is 11.6 Å². The summed E-state index contributed by atoms with van der Waals surface area (Å²) in [5.41, 5.74) is 0.351. The first kappa shape index (κ1) is 16.7. The molecule has 2 N–H and O–H groups in total. The molecule has 6 nitrogen and oxygen atoms in total. The van der Waals surface area contributed by atoms with Gasteiger partial charge in [0.1, 0.15) is 24.3 Å². The van der Waals surface area contributed by atoms with E-state index in [1.807, 2.05) is 0 Å². The predicted octanol–water partition coefficient (Wildman–Crippen LogP) is 1.40. The minimum Gasteiger partial charge on any atom is -0.491 e. The number of nitrogens with one attached hydrogen (secondary N) is 1. The van der Waals surface area contributed by atoms with Gasteiger partial charge in [0.05, 0.1) is 12.7 Å². The highest BCUT2D eigenvalue weighted by Crippen LogP contribution is 2.12. The van der Waals surface area contributed by atoms with Crippen molar-refractivity contribution in [2.24, 2.45) is 0 Å². The summed E-state index contributed by atoms with van der Waals surface area (Å²) < 4.78 is 23.1. The van der Waals surface area contributed by atoms with E-state index in [-0.39, 0.29) is 19.1 Å². The number of amides is 1. The number of aliphatic hydroxyl groups excluding tert-OH is 1. The number of aliphatic hydroxyl groups is 1. The van der Waals surface area contributed by atoms with Gasteiger partial charge in [-0.3, -0.25) is 4.79 Å². The van der Waals surface area contributed by atoms with Gasteiger partial charge in [0, 0.05) is 24.9 Å². The molecule has 1 heterocycles. The van der Waals surface area contributed by atoms with E-state index in [9.17, 15) is 14.3 Å². The molecule has 0 aliphatic heterocycles. The van der Waals surface area contributed by atoms with Gasteiger partial charge in [0.2, 0.25) is 5.88 Å². The molecule has 2 rings (SSSR count). The maximum Gasteiger partial charge on any atom is 0.252 e. The molecule has 0 spiro atoms. The number of rotatable bonds is 7. The third kappa shape index (κ3) is 5.23. The van der Waals surface area contributed by atoms with Crippen LogP contribution < -0.4 is 14.8 Å². The molecule has 0 bridgehead atoms. The lowest BCUT2D eigenvalue weighted by Crippen LogP contribution is -2.35. The molecule has 122 valence electrons. The van der Waals surface area contributed by atoms with Crippen LogP contribution in [0.15, 0.2) is 42.6 Å². The van der Waals surface area contributed by atoms with Gasteiger partial charge in [-0.15, -0.1) is 0 Å². The lowest BCUT2D eigenvalue weighted by molar-refractivity contribution is 0.0843. The number of benzene rings is 1. The molecule has 1 atom stereocenters. The summed E-state index contributed by atoms with van der Waals surface area (Å²) >= 11 is 0. The van der Waals surface area contributed by atoms with E-state index in [1.165, 1.54) is 31.5 Å². The standard InChI is InChI=1S/C16H17FN2O4/c1-22-15-6-5-11(8-18-15)16(21)19-9-13(20)10-23-14-4-2-3-12(17)7-14/h2-8,13,20H,9-10H2,1H3,(H,19,21). The Morgan fingerprint density at radius 3 is 2.87 bits per heavy atom. The summed E-state index contributed by atoms with van der Waals surface area (Å²) in [4.78, 5) is 15.8. The minimum absolute atomic E-state index is 0.000177. The molecule has 2 aromatic rings. The van der Waals surface area contributed by atoms with Crippen molar-refractivity contribution < 1.29 is 23.8 Å². The van der Waals surface area contributed by atoms with Gasteiger partial charge in [-0.25, -0.2) is 9.37 Å². The van der Waals surface area contributed by atoms with Crippen LogP contribution in [0.1, 0.15) is 10.4 Å². The monoisotopic (exact) mass is 320 g/mol. The van der Waals surface area contributed by atoms with E-state index >= 15 is 0 Å². The van der Waals surface area contributed by atoms with E-state index in [0.717, 1.165) is 0 Å². The fraction of sp³-hybridized carbons (Fsp3) is 0.250. The zero-order valence-electron chi connectivity index (χ0n) is 12.5. The Morgan fingerprint density at radius 2 is 2.22 bits per heavy atom. The molecular formula is C16H17FN2O4. The molecule has 0 saturated carbocycles. The van der Waals surface area contributed by atoms with Gasteiger partial charge >= 0.3 is 0 Å². The van der Waals surface area contributed by atoms with Crippen LogP contribution in [0.25, 0.3) is 0 Å². The van der Waals surface area contributed by atoms with Crippen molar-refractivity contribution in [2.45, 2.75) is 6.10 Å². The zero-order chi connectivity index (χ0) is 16.7. The SMILES string of the molecule is COc1ccc(C(=O)NCC(O)COc2cccc(F)c2)cn1. The third-order valence-electron chi connectivity index (χ3n) is 2.94. The second kappa shape index (κ2) is 8.09. The van der Waals surface area contributed by atoms with E-state index in [0.29, 0.717) is 17.2 Å². The molecule has 1 aromatic heterocycles. The van der Waals surface area contributed by atoms with Crippen molar-refractivity contribution in [2.75, 3.05) is 20.3 Å². The van der Waals surface area contributed by atoms with Crippen LogP contribution >= 0.6 is 0 Å². The number of nitrogens with zero attached hydrogens (tertiary/aromatic N) is 1. The number of ether oxygens (including phenoxy) is 2. The number of methoxy groups -OCH3 is 1. The zero-order valence-corrected chi connectivity index (χ0v) is 12.5. The summed E-state index contributed by atoms with van der Waals surface area (Å²) in [6, 6.07) is 8.74. The van der Waals surface area contributed by atoms with Crippen LogP contribution in [0, 0.1) is 5.82 Å². The van der Waals surface area contributed by atoms with Gasteiger partial charge in [-0.05, 0) is 18.2 Å². The Bertz CT molecular complexity index is 649. The summed E-state index contributed by atoms with van der Waals surface area (Å²) in [7, 11) is 1.48. The normalized spacial score (nSPS) is 11.6. The summed E-state index contributed by atoms with van der Waals surface area (Å²) in [5, 5.41) is 12.3. The number of aromatic nitrogens is 1. The highest BCUT2D eigenvalue weighted by Gasteiger charge is 2.10. The molecule has 0 aliphatic rings. The van der Waals surface area contributed by atoms with E-state index in [4.69, 9.17) is 9.47 Å². The Hall–Kier alpha value is -2.67. The summed E-state index contributed by atoms with van der Waals surface area (Å²) in [6.45, 7) is -0.0647. The number of carbonyl (C=O) groups is 1. The summed E-state index contributed by atoms with van der Waals surface area (Å²) in [6.07, 6.45) is 0.456. The molecule has 7 heteroatoms. The first-order valence-electron chi connectivity index (χ1n) is 6.93. The van der Waals surface area contributed by atoms with Crippen molar-refractivity contribution in [3.8, 4) is 11.6 Å². The first-order valence-corrected chi connectivity index (χ1v) is 6.93. The van der Waals surface area contributed by atoms with Crippen LogP contribution in [-0.2, 0) is 0 Å². The van der Waals surface area contributed by atoms with Crippen molar-refractivity contribution in [3.63, 3.8) is 0 Å². The minimum atomic E-state index is -0.923. The lowest BCUT2D eigenvalue weighted by Gasteiger charge is -2.13. The highest BCUT2D eigenvalue weighted by atomic mass is 19.1. The molecule has 1 amide bonds. The molecule has 0 radical (unpaired) electrons. The molecule has 1 unspecified atom stereocenters. The summed E-state index contributed by atoms with van der Waals surface area (Å²) in [5.74, 6) is -0.0675. The number of hydrogen-bond acceptors (Lipinski definition) is 5. The fourth-order valence-electron chi connectivity index (χ4n) is 1.76. The number of carbonyl (C=O) groups excluding carboxylic acids is 1. The largest absolute Gasteiger partial charge is 0.491 e. The van der Waals surface area contributed by atoms with Crippen molar-refractivity contribution in [1.29, 1.82) is 0 Å². The Morgan fingerprint density at radius 1 is 1.39 bits per heavy atom. The number of hydrogen-bond donors (Lipinski definition) is 2. The van der Waals surface area contributed by atoms with Crippen molar-refractivity contribution >= 4 is 5.91 Å². The van der Waals surface area contributed by atoms with Crippen molar-refractivity contribution in [3.05, 3.63) is 54.0 Å². The average Bonchev–Trinajstić information content (AvgIpc) is 2.58. The van der Waals surface area contributed by atoms with E-state index in [1.54, 1.807) is 18.2 Å². The molecule has 0 saturated heterocycles. The molecular weight excluding hydrogens is 303 g/mol. The maximum absolute atomic E-state index is 13.0. The van der Waals surface area contributed by atoms with Crippen LogP contribution in [-0.4, -0.2) is 42.4 Å². The Kier molecular flexibility index (Phi) is 5.87. The quantitative estimate of drug-likeness (QED) is 0.806. The molecule has 0 fully saturated rings. The van der Waals surface area contributed by atoms with Gasteiger partial charge in [0.25, 0.3) is 5.91 Å². The number of pyridine rings is 1. The number of halogens is 1. The Labute approximate surface area is 132 Å². The molecule has 1 aromatic carbocycles. The molecule has 23 heavy (non-hydrogen) atoms. The lowest BCUT2D eigenvalue weighted by atomic mass is 10.2. The first-order chi connectivity index (χ1) is 11.1. The van der Waals surface area contributed by atoms with Gasteiger partial charge in [0.15, 0.2) is 0 Å². The van der Waals surface area contributed by atoms with Crippen LogP contribution in [0.3, 0.4) is 0 Å².